The molecule has 0 aliphatic carbocycles. The summed E-state index contributed by atoms with van der Waals surface area (Å²) < 4.78 is 0. The van der Waals surface area contributed by atoms with E-state index in [0.29, 0.717) is 17.4 Å². The van der Waals surface area contributed by atoms with Crippen molar-refractivity contribution in [2.24, 2.45) is 0 Å². The second kappa shape index (κ2) is 6.40. The first-order chi connectivity index (χ1) is 7.22. The number of aromatic nitrogens is 1. The number of hydrogen-bond donors (Lipinski definition) is 1. The number of pyridine rings is 1. The van der Waals surface area contributed by atoms with Crippen molar-refractivity contribution in [3.63, 3.8) is 0 Å². The zero-order valence-corrected chi connectivity index (χ0v) is 9.55. The second-order valence-electron chi connectivity index (χ2n) is 3.35. The van der Waals surface area contributed by atoms with Crippen molar-refractivity contribution >= 4 is 23.3 Å². The maximum absolute atomic E-state index is 11.4. The van der Waals surface area contributed by atoms with Crippen molar-refractivity contribution in [2.45, 2.75) is 32.6 Å². The Bertz CT molecular complexity index is 328. The van der Waals surface area contributed by atoms with Crippen LogP contribution in [0.15, 0.2) is 18.2 Å². The van der Waals surface area contributed by atoms with Crippen molar-refractivity contribution < 1.29 is 4.79 Å². The molecule has 3 nitrogen and oxygen atoms in total. The molecule has 1 amide bonds. The summed E-state index contributed by atoms with van der Waals surface area (Å²) in [5, 5.41) is 3.10. The summed E-state index contributed by atoms with van der Waals surface area (Å²) in [6.07, 6.45) is 3.66. The van der Waals surface area contributed by atoms with Gasteiger partial charge in [-0.15, -0.1) is 0 Å². The highest BCUT2D eigenvalue weighted by Gasteiger charge is 2.02. The van der Waals surface area contributed by atoms with Crippen LogP contribution >= 0.6 is 11.6 Å². The zero-order valence-electron chi connectivity index (χ0n) is 8.79. The van der Waals surface area contributed by atoms with E-state index in [1.807, 2.05) is 0 Å². The van der Waals surface area contributed by atoms with E-state index in [1.54, 1.807) is 18.2 Å². The third-order valence-corrected chi connectivity index (χ3v) is 2.20. The van der Waals surface area contributed by atoms with E-state index in [2.05, 4.69) is 17.2 Å². The Morgan fingerprint density at radius 3 is 2.93 bits per heavy atom. The van der Waals surface area contributed by atoms with E-state index < -0.39 is 0 Å². The summed E-state index contributed by atoms with van der Waals surface area (Å²) in [4.78, 5) is 15.4. The minimum atomic E-state index is -0.00165. The second-order valence-corrected chi connectivity index (χ2v) is 3.74. The van der Waals surface area contributed by atoms with Gasteiger partial charge < -0.3 is 5.32 Å². The lowest BCUT2D eigenvalue weighted by Crippen LogP contribution is -2.12. The van der Waals surface area contributed by atoms with E-state index in [-0.39, 0.29) is 5.91 Å². The number of nitrogens with zero attached hydrogens (tertiary/aromatic N) is 1. The lowest BCUT2D eigenvalue weighted by atomic mass is 10.2. The van der Waals surface area contributed by atoms with E-state index >= 15 is 0 Å². The van der Waals surface area contributed by atoms with Gasteiger partial charge in [0, 0.05) is 6.42 Å². The molecule has 0 radical (unpaired) electrons. The van der Waals surface area contributed by atoms with Crippen LogP contribution in [0.25, 0.3) is 0 Å². The van der Waals surface area contributed by atoms with Crippen LogP contribution in [-0.4, -0.2) is 10.9 Å². The Hall–Kier alpha value is -1.09. The highest BCUT2D eigenvalue weighted by atomic mass is 35.5. The van der Waals surface area contributed by atoms with Gasteiger partial charge in [0.05, 0.1) is 0 Å². The van der Waals surface area contributed by atoms with Gasteiger partial charge in [-0.3, -0.25) is 4.79 Å². The maximum Gasteiger partial charge on any atom is 0.225 e. The molecule has 0 atom stereocenters. The highest BCUT2D eigenvalue weighted by Crippen LogP contribution is 2.10. The van der Waals surface area contributed by atoms with Gasteiger partial charge >= 0.3 is 0 Å². The first-order valence-corrected chi connectivity index (χ1v) is 5.52. The zero-order chi connectivity index (χ0) is 11.1. The van der Waals surface area contributed by atoms with Gasteiger partial charge in [-0.1, -0.05) is 37.4 Å². The predicted octanol–water partition coefficient (Wildman–Crippen LogP) is 3.25. The maximum atomic E-state index is 11.4. The van der Waals surface area contributed by atoms with Gasteiger partial charge in [0.25, 0.3) is 0 Å². The molecular formula is C11H15ClN2O. The number of amides is 1. The smallest absolute Gasteiger partial charge is 0.225 e. The number of halogens is 1. The molecule has 15 heavy (non-hydrogen) atoms. The number of unbranched alkanes of at least 4 members (excludes halogenated alkanes) is 2. The summed E-state index contributed by atoms with van der Waals surface area (Å²) in [6.45, 7) is 2.11. The SMILES string of the molecule is CCCCCC(=O)Nc1cccc(Cl)n1. The van der Waals surface area contributed by atoms with Crippen molar-refractivity contribution in [2.75, 3.05) is 5.32 Å². The van der Waals surface area contributed by atoms with Crippen LogP contribution in [0.2, 0.25) is 5.15 Å². The third-order valence-electron chi connectivity index (χ3n) is 1.99. The lowest BCUT2D eigenvalue weighted by molar-refractivity contribution is -0.116. The molecule has 0 saturated heterocycles. The number of rotatable bonds is 5. The number of hydrogen-bond acceptors (Lipinski definition) is 2. The number of carbonyl (C=O) groups is 1. The Morgan fingerprint density at radius 2 is 2.27 bits per heavy atom. The van der Waals surface area contributed by atoms with Crippen LogP contribution in [0.1, 0.15) is 32.6 Å². The molecule has 0 unspecified atom stereocenters. The van der Waals surface area contributed by atoms with Gasteiger partial charge in [-0.25, -0.2) is 4.98 Å². The van der Waals surface area contributed by atoms with Gasteiger partial charge in [-0.2, -0.15) is 0 Å². The Balaban J connectivity index is 2.37. The molecule has 0 aliphatic rings. The largest absolute Gasteiger partial charge is 0.311 e. The Morgan fingerprint density at radius 1 is 1.47 bits per heavy atom. The van der Waals surface area contributed by atoms with Crippen LogP contribution in [0.5, 0.6) is 0 Å². The molecule has 1 aromatic heterocycles. The molecule has 1 rings (SSSR count). The summed E-state index contributed by atoms with van der Waals surface area (Å²) in [5.41, 5.74) is 0. The first-order valence-electron chi connectivity index (χ1n) is 5.14. The predicted molar refractivity (Wildman–Crippen MR) is 62.0 cm³/mol. The van der Waals surface area contributed by atoms with Crippen LogP contribution in [0, 0.1) is 0 Å². The van der Waals surface area contributed by atoms with Crippen molar-refractivity contribution in [1.29, 1.82) is 0 Å². The highest BCUT2D eigenvalue weighted by molar-refractivity contribution is 6.29. The van der Waals surface area contributed by atoms with Crippen molar-refractivity contribution in [3.8, 4) is 0 Å². The summed E-state index contributed by atoms with van der Waals surface area (Å²) in [7, 11) is 0. The molecule has 1 heterocycles. The van der Waals surface area contributed by atoms with Crippen LogP contribution < -0.4 is 5.32 Å². The minimum Gasteiger partial charge on any atom is -0.311 e. The topological polar surface area (TPSA) is 42.0 Å². The fourth-order valence-corrected chi connectivity index (χ4v) is 1.38. The fraction of sp³-hybridized carbons (Fsp3) is 0.455. The number of anilines is 1. The summed E-state index contributed by atoms with van der Waals surface area (Å²) in [6, 6.07) is 5.16. The van der Waals surface area contributed by atoms with Crippen LogP contribution in [0.4, 0.5) is 5.82 Å². The molecule has 0 aromatic carbocycles. The Kier molecular flexibility index (Phi) is 5.12. The lowest BCUT2D eigenvalue weighted by Gasteiger charge is -2.03. The van der Waals surface area contributed by atoms with Crippen LogP contribution in [-0.2, 0) is 4.79 Å². The monoisotopic (exact) mass is 226 g/mol. The summed E-state index contributed by atoms with van der Waals surface area (Å²) in [5.74, 6) is 0.516. The Labute approximate surface area is 94.9 Å². The average Bonchev–Trinajstić information content (AvgIpc) is 2.18. The molecule has 0 aliphatic heterocycles. The molecule has 1 N–H and O–H groups in total. The number of carbonyl (C=O) groups excluding carboxylic acids is 1. The first kappa shape index (κ1) is 12.0. The fourth-order valence-electron chi connectivity index (χ4n) is 1.22. The molecule has 82 valence electrons. The molecular weight excluding hydrogens is 212 g/mol. The van der Waals surface area contributed by atoms with Gasteiger partial charge in [0.15, 0.2) is 0 Å². The number of nitrogens with one attached hydrogen (secondary N) is 1. The molecule has 0 bridgehead atoms. The van der Waals surface area contributed by atoms with E-state index in [9.17, 15) is 4.79 Å². The molecule has 1 aromatic rings. The van der Waals surface area contributed by atoms with E-state index in [0.717, 1.165) is 19.3 Å². The van der Waals surface area contributed by atoms with Gasteiger partial charge in [0.2, 0.25) is 5.91 Å². The quantitative estimate of drug-likeness (QED) is 0.619. The van der Waals surface area contributed by atoms with E-state index in [4.69, 9.17) is 11.6 Å². The third kappa shape index (κ3) is 4.79. The standard InChI is InChI=1S/C11H15ClN2O/c1-2-3-4-8-11(15)14-10-7-5-6-9(12)13-10/h5-7H,2-4,8H2,1H3,(H,13,14,15). The van der Waals surface area contributed by atoms with Gasteiger partial charge in [0.1, 0.15) is 11.0 Å². The van der Waals surface area contributed by atoms with Crippen molar-refractivity contribution in [1.82, 2.24) is 4.98 Å². The molecule has 0 spiro atoms. The molecule has 0 saturated carbocycles. The summed E-state index contributed by atoms with van der Waals surface area (Å²) >= 11 is 5.69. The molecule has 0 fully saturated rings. The molecule has 4 heteroatoms. The average molecular weight is 227 g/mol. The van der Waals surface area contributed by atoms with E-state index in [1.165, 1.54) is 0 Å². The van der Waals surface area contributed by atoms with Gasteiger partial charge in [-0.05, 0) is 18.6 Å². The minimum absolute atomic E-state index is 0.00165. The van der Waals surface area contributed by atoms with Crippen molar-refractivity contribution in [3.05, 3.63) is 23.4 Å². The normalized spacial score (nSPS) is 10.0. The van der Waals surface area contributed by atoms with Crippen LogP contribution in [0.3, 0.4) is 0 Å².